The second kappa shape index (κ2) is 4.22. The molecule has 0 spiro atoms. The molecule has 0 aromatic heterocycles. The summed E-state index contributed by atoms with van der Waals surface area (Å²) < 4.78 is 5.84. The Kier molecular flexibility index (Phi) is 2.71. The number of anilines is 2. The van der Waals surface area contributed by atoms with Crippen LogP contribution < -0.4 is 11.1 Å². The van der Waals surface area contributed by atoms with Crippen LogP contribution in [0.1, 0.15) is 24.8 Å². The molecule has 3 N–H and O–H groups in total. The molecule has 1 aromatic carbocycles. The van der Waals surface area contributed by atoms with Gasteiger partial charge in [-0.25, -0.2) is 0 Å². The summed E-state index contributed by atoms with van der Waals surface area (Å²) in [6.45, 7) is 3.00. The number of nitrogen functional groups attached to an aromatic ring is 1. The molecule has 0 amide bonds. The molecule has 0 bridgehead atoms. The quantitative estimate of drug-likeness (QED) is 0.787. The van der Waals surface area contributed by atoms with Gasteiger partial charge in [-0.15, -0.1) is 0 Å². The largest absolute Gasteiger partial charge is 0.399 e. The summed E-state index contributed by atoms with van der Waals surface area (Å²) in [5.41, 5.74) is 9.07. The molecule has 3 heteroatoms. The topological polar surface area (TPSA) is 47.3 Å². The third-order valence-corrected chi connectivity index (χ3v) is 3.82. The summed E-state index contributed by atoms with van der Waals surface area (Å²) in [6, 6.07) is 6.50. The van der Waals surface area contributed by atoms with Crippen LogP contribution in [0.3, 0.4) is 0 Å². The zero-order valence-electron chi connectivity index (χ0n) is 10.3. The summed E-state index contributed by atoms with van der Waals surface area (Å²) in [5, 5.41) is 3.62. The van der Waals surface area contributed by atoms with Gasteiger partial charge in [0.2, 0.25) is 0 Å². The number of hydrogen-bond donors (Lipinski definition) is 2. The average molecular weight is 232 g/mol. The van der Waals surface area contributed by atoms with E-state index in [1.165, 1.54) is 18.4 Å². The Morgan fingerprint density at radius 3 is 2.88 bits per heavy atom. The molecule has 92 valence electrons. The fourth-order valence-electron chi connectivity index (χ4n) is 2.65. The van der Waals surface area contributed by atoms with Crippen LogP contribution in [0.2, 0.25) is 0 Å². The van der Waals surface area contributed by atoms with Gasteiger partial charge in [0, 0.05) is 18.0 Å². The highest BCUT2D eigenvalue weighted by atomic mass is 16.5. The molecular weight excluding hydrogens is 212 g/mol. The molecule has 1 saturated heterocycles. The van der Waals surface area contributed by atoms with E-state index in [0.717, 1.165) is 30.3 Å². The highest BCUT2D eigenvalue weighted by Gasteiger charge is 2.40. The first-order valence-corrected chi connectivity index (χ1v) is 6.48. The number of aryl methyl sites for hydroxylation is 1. The number of hydrogen-bond acceptors (Lipinski definition) is 3. The predicted octanol–water partition coefficient (Wildman–Crippen LogP) is 2.56. The van der Waals surface area contributed by atoms with Crippen molar-refractivity contribution in [3.8, 4) is 0 Å². The summed E-state index contributed by atoms with van der Waals surface area (Å²) in [4.78, 5) is 0. The van der Waals surface area contributed by atoms with Crippen molar-refractivity contribution < 1.29 is 4.74 Å². The molecule has 2 atom stereocenters. The van der Waals surface area contributed by atoms with E-state index in [2.05, 4.69) is 18.3 Å². The summed E-state index contributed by atoms with van der Waals surface area (Å²) in [7, 11) is 0. The van der Waals surface area contributed by atoms with Crippen LogP contribution in [-0.2, 0) is 4.74 Å². The van der Waals surface area contributed by atoms with E-state index in [1.54, 1.807) is 0 Å². The molecule has 1 heterocycles. The van der Waals surface area contributed by atoms with E-state index in [-0.39, 0.29) is 0 Å². The van der Waals surface area contributed by atoms with Crippen LogP contribution in [0.5, 0.6) is 0 Å². The van der Waals surface area contributed by atoms with Gasteiger partial charge >= 0.3 is 0 Å². The van der Waals surface area contributed by atoms with Crippen LogP contribution in [0.15, 0.2) is 18.2 Å². The van der Waals surface area contributed by atoms with Gasteiger partial charge in [-0.1, -0.05) is 6.07 Å². The Hall–Kier alpha value is -1.22. The van der Waals surface area contributed by atoms with Gasteiger partial charge in [0.05, 0.1) is 12.1 Å². The Morgan fingerprint density at radius 2 is 2.12 bits per heavy atom. The monoisotopic (exact) mass is 232 g/mol. The SMILES string of the molecule is Cc1ccc(N)cc1NC1CCOC1C1CC1. The van der Waals surface area contributed by atoms with Gasteiger partial charge < -0.3 is 15.8 Å². The second-order valence-electron chi connectivity index (χ2n) is 5.29. The van der Waals surface area contributed by atoms with Gasteiger partial charge in [-0.2, -0.15) is 0 Å². The molecule has 2 aliphatic rings. The first kappa shape index (κ1) is 10.9. The van der Waals surface area contributed by atoms with E-state index < -0.39 is 0 Å². The predicted molar refractivity (Wildman–Crippen MR) is 70.1 cm³/mol. The second-order valence-corrected chi connectivity index (χ2v) is 5.29. The number of ether oxygens (including phenoxy) is 1. The van der Waals surface area contributed by atoms with Crippen LogP contribution in [0.25, 0.3) is 0 Å². The normalized spacial score (nSPS) is 28.3. The summed E-state index contributed by atoms with van der Waals surface area (Å²) in [6.07, 6.45) is 4.18. The van der Waals surface area contributed by atoms with Gasteiger partial charge in [-0.05, 0) is 49.8 Å². The number of rotatable bonds is 3. The van der Waals surface area contributed by atoms with E-state index in [0.29, 0.717) is 12.1 Å². The first-order valence-electron chi connectivity index (χ1n) is 6.48. The molecule has 3 nitrogen and oxygen atoms in total. The Labute approximate surface area is 102 Å². The van der Waals surface area contributed by atoms with Crippen molar-refractivity contribution in [2.75, 3.05) is 17.7 Å². The van der Waals surface area contributed by atoms with Crippen LogP contribution in [0.4, 0.5) is 11.4 Å². The van der Waals surface area contributed by atoms with Crippen molar-refractivity contribution in [1.82, 2.24) is 0 Å². The zero-order chi connectivity index (χ0) is 11.8. The molecule has 1 aromatic rings. The smallest absolute Gasteiger partial charge is 0.0804 e. The van der Waals surface area contributed by atoms with Crippen molar-refractivity contribution in [1.29, 1.82) is 0 Å². The Bertz CT molecular complexity index is 415. The molecule has 3 rings (SSSR count). The fourth-order valence-corrected chi connectivity index (χ4v) is 2.65. The van der Waals surface area contributed by atoms with Crippen LogP contribution >= 0.6 is 0 Å². The number of nitrogens with two attached hydrogens (primary N) is 1. The minimum absolute atomic E-state index is 0.413. The van der Waals surface area contributed by atoms with Gasteiger partial charge in [0.15, 0.2) is 0 Å². The third kappa shape index (κ3) is 2.25. The van der Waals surface area contributed by atoms with Gasteiger partial charge in [-0.3, -0.25) is 0 Å². The van der Waals surface area contributed by atoms with Gasteiger partial charge in [0.1, 0.15) is 0 Å². The van der Waals surface area contributed by atoms with E-state index in [1.807, 2.05) is 12.1 Å². The lowest BCUT2D eigenvalue weighted by atomic mass is 10.0. The van der Waals surface area contributed by atoms with Crippen LogP contribution in [0, 0.1) is 12.8 Å². The third-order valence-electron chi connectivity index (χ3n) is 3.82. The van der Waals surface area contributed by atoms with E-state index in [4.69, 9.17) is 10.5 Å². The molecule has 0 radical (unpaired) electrons. The standard InChI is InChI=1S/C14H20N2O/c1-9-2-5-11(15)8-13(9)16-12-6-7-17-14(12)10-3-4-10/h2,5,8,10,12,14,16H,3-4,6-7,15H2,1H3. The minimum atomic E-state index is 0.413. The van der Waals surface area contributed by atoms with Gasteiger partial charge in [0.25, 0.3) is 0 Å². The van der Waals surface area contributed by atoms with Crippen LogP contribution in [-0.4, -0.2) is 18.8 Å². The molecule has 1 aliphatic heterocycles. The summed E-state index contributed by atoms with van der Waals surface area (Å²) in [5.74, 6) is 0.788. The maximum absolute atomic E-state index is 5.84. The summed E-state index contributed by atoms with van der Waals surface area (Å²) >= 11 is 0. The van der Waals surface area contributed by atoms with E-state index in [9.17, 15) is 0 Å². The Morgan fingerprint density at radius 1 is 1.29 bits per heavy atom. The molecule has 1 saturated carbocycles. The maximum atomic E-state index is 5.84. The molecule has 1 aliphatic carbocycles. The number of benzene rings is 1. The average Bonchev–Trinajstić information content (AvgIpc) is 3.05. The maximum Gasteiger partial charge on any atom is 0.0804 e. The van der Waals surface area contributed by atoms with Crippen molar-refractivity contribution in [3.05, 3.63) is 23.8 Å². The molecule has 2 fully saturated rings. The number of nitrogens with one attached hydrogen (secondary N) is 1. The molecular formula is C14H20N2O. The Balaban J connectivity index is 1.74. The minimum Gasteiger partial charge on any atom is -0.399 e. The van der Waals surface area contributed by atoms with Crippen molar-refractivity contribution >= 4 is 11.4 Å². The highest BCUT2D eigenvalue weighted by molar-refractivity contribution is 5.59. The van der Waals surface area contributed by atoms with Crippen molar-refractivity contribution in [2.45, 2.75) is 38.3 Å². The lowest BCUT2D eigenvalue weighted by Crippen LogP contribution is -2.31. The molecule has 17 heavy (non-hydrogen) atoms. The lowest BCUT2D eigenvalue weighted by Gasteiger charge is -2.22. The lowest BCUT2D eigenvalue weighted by molar-refractivity contribution is 0.0898. The first-order chi connectivity index (χ1) is 8.24. The zero-order valence-corrected chi connectivity index (χ0v) is 10.3. The highest BCUT2D eigenvalue weighted by Crippen LogP contribution is 2.39. The fraction of sp³-hybridized carbons (Fsp3) is 0.571. The van der Waals surface area contributed by atoms with Crippen molar-refractivity contribution in [3.63, 3.8) is 0 Å². The van der Waals surface area contributed by atoms with Crippen molar-refractivity contribution in [2.24, 2.45) is 5.92 Å². The molecule has 2 unspecified atom stereocenters. The van der Waals surface area contributed by atoms with E-state index >= 15 is 0 Å².